The maximum atomic E-state index is 5.05. The number of benzene rings is 5. The SMILES string of the molecule is Cc1ccnc(-n2c3ccc(-c4ccc(-c5ccccc5)cn4)cc3c3cc4c5c(c32)CCc2cc3c6cc(-c7ccc(C8C=CC=CC8)cn7)ccc6n(-c6cc(C)ccn6)c3c(c2-5)CC4)c1. The van der Waals surface area contributed by atoms with Crippen LogP contribution in [0.5, 0.6) is 0 Å². The molecule has 0 spiro atoms. The minimum absolute atomic E-state index is 0.371. The van der Waals surface area contributed by atoms with Gasteiger partial charge in [-0.25, -0.2) is 9.97 Å². The summed E-state index contributed by atoms with van der Waals surface area (Å²) in [5.41, 5.74) is 23.5. The number of aryl methyl sites for hydroxylation is 6. The van der Waals surface area contributed by atoms with Crippen LogP contribution in [-0.4, -0.2) is 29.1 Å². The van der Waals surface area contributed by atoms with Crippen molar-refractivity contribution in [1.82, 2.24) is 29.1 Å². The van der Waals surface area contributed by atoms with Gasteiger partial charge in [-0.1, -0.05) is 78.9 Å². The smallest absolute Gasteiger partial charge is 0.137 e. The van der Waals surface area contributed by atoms with Crippen LogP contribution in [0.25, 0.3) is 100 Å². The zero-order valence-corrected chi connectivity index (χ0v) is 38.0. The van der Waals surface area contributed by atoms with Gasteiger partial charge in [0.05, 0.1) is 33.5 Å². The van der Waals surface area contributed by atoms with Gasteiger partial charge in [-0.2, -0.15) is 0 Å². The molecule has 0 N–H and O–H groups in total. The predicted octanol–water partition coefficient (Wildman–Crippen LogP) is 14.5. The summed E-state index contributed by atoms with van der Waals surface area (Å²) in [5, 5.41) is 5.05. The number of rotatable bonds is 6. The second kappa shape index (κ2) is 15.2. The number of pyridine rings is 4. The molecule has 0 saturated carbocycles. The topological polar surface area (TPSA) is 61.4 Å². The highest BCUT2D eigenvalue weighted by molar-refractivity contribution is 6.16. The van der Waals surface area contributed by atoms with Gasteiger partial charge in [0.2, 0.25) is 0 Å². The van der Waals surface area contributed by atoms with Crippen molar-refractivity contribution in [2.75, 3.05) is 0 Å². The molecule has 14 rings (SSSR count). The molecule has 0 bridgehead atoms. The third-order valence-corrected chi connectivity index (χ3v) is 14.9. The Balaban J connectivity index is 0.976. The molecule has 324 valence electrons. The van der Waals surface area contributed by atoms with Crippen molar-refractivity contribution in [3.05, 3.63) is 215 Å². The highest BCUT2D eigenvalue weighted by Gasteiger charge is 2.33. The number of fused-ring (bicyclic) bond motifs is 8. The maximum Gasteiger partial charge on any atom is 0.137 e. The number of hydrogen-bond donors (Lipinski definition) is 0. The van der Waals surface area contributed by atoms with E-state index >= 15 is 0 Å². The molecule has 3 aliphatic carbocycles. The lowest BCUT2D eigenvalue weighted by Gasteiger charge is -2.31. The zero-order chi connectivity index (χ0) is 45.0. The van der Waals surface area contributed by atoms with E-state index in [0.29, 0.717) is 5.92 Å². The number of allylic oxidation sites excluding steroid dienone is 4. The Morgan fingerprint density at radius 2 is 1.04 bits per heavy atom. The van der Waals surface area contributed by atoms with E-state index in [1.807, 2.05) is 18.6 Å². The van der Waals surface area contributed by atoms with Crippen molar-refractivity contribution in [3.63, 3.8) is 0 Å². The minimum Gasteiger partial charge on any atom is -0.293 e. The second-order valence-corrected chi connectivity index (χ2v) is 19.0. The summed E-state index contributed by atoms with van der Waals surface area (Å²) in [7, 11) is 0. The van der Waals surface area contributed by atoms with Gasteiger partial charge in [0.25, 0.3) is 0 Å². The van der Waals surface area contributed by atoms with Gasteiger partial charge >= 0.3 is 0 Å². The quantitative estimate of drug-likeness (QED) is 0.167. The van der Waals surface area contributed by atoms with Crippen LogP contribution >= 0.6 is 0 Å². The summed E-state index contributed by atoms with van der Waals surface area (Å²) < 4.78 is 4.89. The monoisotopic (exact) mass is 874 g/mol. The molecule has 6 aromatic heterocycles. The lowest BCUT2D eigenvalue weighted by molar-refractivity contribution is 0.847. The van der Waals surface area contributed by atoms with Gasteiger partial charge < -0.3 is 0 Å². The third-order valence-electron chi connectivity index (χ3n) is 14.9. The molecule has 1 unspecified atom stereocenters. The Morgan fingerprint density at radius 3 is 1.56 bits per heavy atom. The van der Waals surface area contributed by atoms with Crippen LogP contribution in [0.15, 0.2) is 176 Å². The Bertz CT molecular complexity index is 3940. The number of nitrogens with zero attached hydrogens (tertiary/aromatic N) is 6. The summed E-state index contributed by atoms with van der Waals surface area (Å²) >= 11 is 0. The fourth-order valence-corrected chi connectivity index (χ4v) is 11.7. The molecule has 6 heterocycles. The molecule has 6 nitrogen and oxygen atoms in total. The van der Waals surface area contributed by atoms with E-state index < -0.39 is 0 Å². The summed E-state index contributed by atoms with van der Waals surface area (Å²) in [4.78, 5) is 20.2. The van der Waals surface area contributed by atoms with Crippen LogP contribution in [-0.2, 0) is 25.7 Å². The predicted molar refractivity (Wildman–Crippen MR) is 278 cm³/mol. The van der Waals surface area contributed by atoms with Gasteiger partial charge in [0.1, 0.15) is 11.6 Å². The molecule has 0 saturated heterocycles. The van der Waals surface area contributed by atoms with Gasteiger partial charge in [0, 0.05) is 68.9 Å². The Labute approximate surface area is 394 Å². The molecule has 1 atom stereocenters. The fourth-order valence-electron chi connectivity index (χ4n) is 11.7. The van der Waals surface area contributed by atoms with Crippen molar-refractivity contribution in [2.45, 2.75) is 51.9 Å². The van der Waals surface area contributed by atoms with Crippen LogP contribution in [0.1, 0.15) is 51.3 Å². The number of aromatic nitrogens is 6. The number of hydrogen-bond acceptors (Lipinski definition) is 4. The van der Waals surface area contributed by atoms with Crippen molar-refractivity contribution >= 4 is 43.6 Å². The van der Waals surface area contributed by atoms with Crippen molar-refractivity contribution in [3.8, 4) is 56.4 Å². The second-order valence-electron chi connectivity index (χ2n) is 19.0. The Kier molecular flexibility index (Phi) is 8.69. The van der Waals surface area contributed by atoms with E-state index in [1.54, 1.807) is 0 Å². The summed E-state index contributed by atoms with van der Waals surface area (Å²) in [6.45, 7) is 4.32. The van der Waals surface area contributed by atoms with E-state index in [2.05, 4.69) is 181 Å². The van der Waals surface area contributed by atoms with Crippen LogP contribution in [0.2, 0.25) is 0 Å². The van der Waals surface area contributed by atoms with Gasteiger partial charge in [0.15, 0.2) is 0 Å². The first-order chi connectivity index (χ1) is 33.5. The Morgan fingerprint density at radius 1 is 0.471 bits per heavy atom. The van der Waals surface area contributed by atoms with E-state index in [9.17, 15) is 0 Å². The molecule has 68 heavy (non-hydrogen) atoms. The molecule has 0 amide bonds. The summed E-state index contributed by atoms with van der Waals surface area (Å²) in [6.07, 6.45) is 21.6. The maximum absolute atomic E-state index is 5.05. The molecule has 0 fully saturated rings. The lowest BCUT2D eigenvalue weighted by atomic mass is 9.74. The zero-order valence-electron chi connectivity index (χ0n) is 38.0. The van der Waals surface area contributed by atoms with Crippen LogP contribution in [0.3, 0.4) is 0 Å². The Hall–Kier alpha value is -8.22. The van der Waals surface area contributed by atoms with E-state index in [0.717, 1.165) is 77.3 Å². The van der Waals surface area contributed by atoms with Gasteiger partial charge in [-0.3, -0.25) is 19.1 Å². The van der Waals surface area contributed by atoms with Crippen LogP contribution < -0.4 is 0 Å². The largest absolute Gasteiger partial charge is 0.293 e. The van der Waals surface area contributed by atoms with E-state index in [-0.39, 0.29) is 0 Å². The standard InChI is InChI=1S/C62H46N6/c1-37-25-27-63-57(29-37)67-55-23-17-41(53-21-15-45(35-65-53)39-9-5-3-6-10-39)31-49(55)51-33-43-14-20-48-60-44(13-19-47(59(43)60)61(51)67)34-52-50-32-42(54-22-16-46(36-66-54)40-11-7-4-8-12-40)18-24-56(50)68(62(48)52)58-30-38(2)26-28-64-58/h3-11,15-18,21-36,40H,12-14,19-20H2,1-2H3. The summed E-state index contributed by atoms with van der Waals surface area (Å²) in [6, 6.07) is 46.7. The molecule has 0 aliphatic heterocycles. The van der Waals surface area contributed by atoms with Crippen molar-refractivity contribution in [1.29, 1.82) is 0 Å². The van der Waals surface area contributed by atoms with E-state index in [1.165, 1.54) is 93.7 Å². The molecule has 11 aromatic rings. The van der Waals surface area contributed by atoms with Gasteiger partial charge in [-0.05, 0) is 174 Å². The van der Waals surface area contributed by atoms with Crippen molar-refractivity contribution in [2.24, 2.45) is 0 Å². The molecular weight excluding hydrogens is 829 g/mol. The first-order valence-electron chi connectivity index (χ1n) is 24.0. The molecule has 3 aliphatic rings. The molecule has 0 radical (unpaired) electrons. The first kappa shape index (κ1) is 39.0. The normalized spacial score (nSPS) is 14.9. The highest BCUT2D eigenvalue weighted by atomic mass is 15.1. The van der Waals surface area contributed by atoms with E-state index in [4.69, 9.17) is 19.9 Å². The van der Waals surface area contributed by atoms with Crippen molar-refractivity contribution < 1.29 is 0 Å². The molecule has 6 heteroatoms. The fraction of sp³-hybridized carbons (Fsp3) is 0.129. The van der Waals surface area contributed by atoms with Crippen LogP contribution in [0.4, 0.5) is 0 Å². The van der Waals surface area contributed by atoms with Crippen LogP contribution in [0, 0.1) is 13.8 Å². The van der Waals surface area contributed by atoms with Gasteiger partial charge in [-0.15, -0.1) is 0 Å². The third kappa shape index (κ3) is 6.03. The minimum atomic E-state index is 0.371. The average Bonchev–Trinajstić information content (AvgIpc) is 3.90. The highest BCUT2D eigenvalue weighted by Crippen LogP contribution is 2.51. The summed E-state index contributed by atoms with van der Waals surface area (Å²) in [5.74, 6) is 2.27. The lowest BCUT2D eigenvalue weighted by Crippen LogP contribution is -2.16. The molecule has 5 aromatic carbocycles. The molecular formula is C62H46N6. The first-order valence-corrected chi connectivity index (χ1v) is 24.0. The average molecular weight is 875 g/mol.